The molecule has 2 heterocycles. The maximum absolute atomic E-state index is 13.3. The zero-order valence-corrected chi connectivity index (χ0v) is 15.5. The maximum Gasteiger partial charge on any atom is 0.419 e. The molecule has 4 rings (SSSR count). The third-order valence-electron chi connectivity index (χ3n) is 5.12. The van der Waals surface area contributed by atoms with Crippen LogP contribution in [0.5, 0.6) is 0 Å². The topological polar surface area (TPSA) is 72.5 Å². The van der Waals surface area contributed by atoms with E-state index in [-0.39, 0.29) is 16.5 Å². The van der Waals surface area contributed by atoms with Gasteiger partial charge in [0.05, 0.1) is 16.5 Å². The lowest BCUT2D eigenvalue weighted by atomic mass is 10.0. The molecule has 3 aromatic rings. The Hall–Kier alpha value is -2.38. The van der Waals surface area contributed by atoms with Crippen LogP contribution in [0, 0.1) is 6.92 Å². The number of aromatic nitrogens is 1. The maximum atomic E-state index is 13.3. The number of nitrogens with zero attached hydrogens (tertiary/aromatic N) is 2. The molecule has 7 heteroatoms. The molecular weight excluding hydrogens is 352 g/mol. The van der Waals surface area contributed by atoms with Gasteiger partial charge in [-0.25, -0.2) is 13.2 Å². The van der Waals surface area contributed by atoms with Gasteiger partial charge in [0, 0.05) is 19.7 Å². The molecular formula is C19H20N2O4S. The predicted octanol–water partition coefficient (Wildman–Crippen LogP) is 2.97. The first-order valence-electron chi connectivity index (χ1n) is 8.56. The Bertz CT molecular complexity index is 1140. The zero-order valence-electron chi connectivity index (χ0n) is 14.7. The number of sulfonamides is 1. The summed E-state index contributed by atoms with van der Waals surface area (Å²) in [7, 11) is -2.09. The summed E-state index contributed by atoms with van der Waals surface area (Å²) in [4.78, 5) is 11.8. The quantitative estimate of drug-likeness (QED) is 0.709. The molecule has 1 fully saturated rings. The number of fused-ring (bicyclic) bond motifs is 1. The average Bonchev–Trinajstić information content (AvgIpc) is 3.21. The molecule has 1 aromatic heterocycles. The van der Waals surface area contributed by atoms with Crippen molar-refractivity contribution in [2.75, 3.05) is 6.54 Å². The van der Waals surface area contributed by atoms with E-state index in [0.29, 0.717) is 12.1 Å². The Kier molecular flexibility index (Phi) is 4.00. The Morgan fingerprint density at radius 2 is 1.92 bits per heavy atom. The number of oxazole rings is 1. The average molecular weight is 372 g/mol. The van der Waals surface area contributed by atoms with Gasteiger partial charge in [-0.1, -0.05) is 24.3 Å². The largest absolute Gasteiger partial charge is 0.419 e. The van der Waals surface area contributed by atoms with Crippen molar-refractivity contribution >= 4 is 21.1 Å². The molecule has 26 heavy (non-hydrogen) atoms. The first kappa shape index (κ1) is 17.1. The van der Waals surface area contributed by atoms with Gasteiger partial charge in [-0.15, -0.1) is 0 Å². The zero-order chi connectivity index (χ0) is 18.5. The number of benzene rings is 2. The molecule has 1 saturated heterocycles. The molecule has 0 amide bonds. The number of hydrogen-bond donors (Lipinski definition) is 0. The van der Waals surface area contributed by atoms with Gasteiger partial charge in [-0.05, 0) is 43.0 Å². The van der Waals surface area contributed by atoms with Gasteiger partial charge < -0.3 is 4.42 Å². The molecule has 0 radical (unpaired) electrons. The molecule has 0 unspecified atom stereocenters. The van der Waals surface area contributed by atoms with Crippen molar-refractivity contribution in [1.82, 2.24) is 8.87 Å². The summed E-state index contributed by atoms with van der Waals surface area (Å²) >= 11 is 0. The summed E-state index contributed by atoms with van der Waals surface area (Å²) in [5.74, 6) is -0.506. The standard InChI is InChI=1S/C19H20N2O4S/c1-13-6-3-4-7-15(13)16-8-5-11-21(16)26(23,24)14-9-10-17-18(12-14)25-19(22)20(17)2/h3-4,6-7,9-10,12,16H,5,8,11H2,1-2H3/t16-/m1/s1. The highest BCUT2D eigenvalue weighted by Crippen LogP contribution is 2.38. The summed E-state index contributed by atoms with van der Waals surface area (Å²) in [5, 5.41) is 0. The van der Waals surface area contributed by atoms with E-state index in [1.54, 1.807) is 23.5 Å². The highest BCUT2D eigenvalue weighted by atomic mass is 32.2. The van der Waals surface area contributed by atoms with Crippen LogP contribution in [0.2, 0.25) is 0 Å². The van der Waals surface area contributed by atoms with E-state index in [0.717, 1.165) is 24.0 Å². The third kappa shape index (κ3) is 2.59. The lowest BCUT2D eigenvalue weighted by Crippen LogP contribution is -2.31. The van der Waals surface area contributed by atoms with Crippen molar-refractivity contribution < 1.29 is 12.8 Å². The Balaban J connectivity index is 1.78. The number of aryl methyl sites for hydroxylation is 2. The molecule has 1 aliphatic heterocycles. The Morgan fingerprint density at radius 1 is 1.15 bits per heavy atom. The molecule has 0 spiro atoms. The lowest BCUT2D eigenvalue weighted by molar-refractivity contribution is 0.395. The van der Waals surface area contributed by atoms with Crippen molar-refractivity contribution in [2.45, 2.75) is 30.7 Å². The van der Waals surface area contributed by atoms with Crippen LogP contribution in [0.3, 0.4) is 0 Å². The van der Waals surface area contributed by atoms with Crippen molar-refractivity contribution in [1.29, 1.82) is 0 Å². The van der Waals surface area contributed by atoms with Crippen LogP contribution in [-0.2, 0) is 17.1 Å². The van der Waals surface area contributed by atoms with Crippen LogP contribution in [0.25, 0.3) is 11.1 Å². The number of rotatable bonds is 3. The van der Waals surface area contributed by atoms with E-state index < -0.39 is 15.8 Å². The molecule has 0 N–H and O–H groups in total. The lowest BCUT2D eigenvalue weighted by Gasteiger charge is -2.25. The van der Waals surface area contributed by atoms with E-state index in [2.05, 4.69) is 0 Å². The molecule has 136 valence electrons. The summed E-state index contributed by atoms with van der Waals surface area (Å²) in [6.07, 6.45) is 1.62. The van der Waals surface area contributed by atoms with Crippen LogP contribution in [0.4, 0.5) is 0 Å². The Labute approximate surface area is 151 Å². The van der Waals surface area contributed by atoms with E-state index in [4.69, 9.17) is 4.42 Å². The van der Waals surface area contributed by atoms with E-state index in [9.17, 15) is 13.2 Å². The molecule has 2 aromatic carbocycles. The van der Waals surface area contributed by atoms with Gasteiger partial charge in [0.2, 0.25) is 10.0 Å². The van der Waals surface area contributed by atoms with Crippen LogP contribution in [0.15, 0.2) is 56.6 Å². The van der Waals surface area contributed by atoms with Gasteiger partial charge in [0.15, 0.2) is 5.58 Å². The Morgan fingerprint density at radius 3 is 2.69 bits per heavy atom. The SMILES string of the molecule is Cc1ccccc1[C@H]1CCCN1S(=O)(=O)c1ccc2c(c1)oc(=O)n2C. The smallest absolute Gasteiger partial charge is 0.408 e. The van der Waals surface area contributed by atoms with Gasteiger partial charge >= 0.3 is 5.76 Å². The van der Waals surface area contributed by atoms with Crippen molar-refractivity contribution in [2.24, 2.45) is 7.05 Å². The van der Waals surface area contributed by atoms with Crippen LogP contribution in [-0.4, -0.2) is 23.8 Å². The normalized spacial score (nSPS) is 18.6. The monoisotopic (exact) mass is 372 g/mol. The molecule has 6 nitrogen and oxygen atoms in total. The minimum atomic E-state index is -3.69. The predicted molar refractivity (Wildman–Crippen MR) is 98.5 cm³/mol. The van der Waals surface area contributed by atoms with Crippen molar-refractivity contribution in [3.05, 3.63) is 64.1 Å². The van der Waals surface area contributed by atoms with E-state index in [1.165, 1.54) is 10.6 Å². The second-order valence-corrected chi connectivity index (χ2v) is 8.58. The molecule has 1 aliphatic rings. The molecule has 1 atom stereocenters. The molecule has 0 saturated carbocycles. The van der Waals surface area contributed by atoms with Crippen LogP contribution in [0.1, 0.15) is 30.0 Å². The fraction of sp³-hybridized carbons (Fsp3) is 0.316. The van der Waals surface area contributed by atoms with E-state index in [1.807, 2.05) is 31.2 Å². The summed E-state index contributed by atoms with van der Waals surface area (Å²) < 4.78 is 34.6. The highest BCUT2D eigenvalue weighted by Gasteiger charge is 2.37. The number of hydrogen-bond acceptors (Lipinski definition) is 4. The fourth-order valence-electron chi connectivity index (χ4n) is 3.71. The summed E-state index contributed by atoms with van der Waals surface area (Å²) in [6.45, 7) is 2.49. The summed E-state index contributed by atoms with van der Waals surface area (Å²) in [5.41, 5.74) is 2.99. The minimum Gasteiger partial charge on any atom is -0.408 e. The minimum absolute atomic E-state index is 0.153. The second kappa shape index (κ2) is 6.10. The van der Waals surface area contributed by atoms with Crippen LogP contribution < -0.4 is 5.76 Å². The first-order valence-corrected chi connectivity index (χ1v) is 10.0. The molecule has 0 bridgehead atoms. The summed E-state index contributed by atoms with van der Waals surface area (Å²) in [6, 6.07) is 12.3. The van der Waals surface area contributed by atoms with Crippen molar-refractivity contribution in [3.63, 3.8) is 0 Å². The fourth-order valence-corrected chi connectivity index (χ4v) is 5.40. The van der Waals surface area contributed by atoms with E-state index >= 15 is 0 Å². The highest BCUT2D eigenvalue weighted by molar-refractivity contribution is 7.89. The van der Waals surface area contributed by atoms with Gasteiger partial charge in [0.25, 0.3) is 0 Å². The van der Waals surface area contributed by atoms with Crippen molar-refractivity contribution in [3.8, 4) is 0 Å². The second-order valence-electron chi connectivity index (χ2n) is 6.69. The van der Waals surface area contributed by atoms with Gasteiger partial charge in [-0.3, -0.25) is 4.57 Å². The van der Waals surface area contributed by atoms with Crippen LogP contribution >= 0.6 is 0 Å². The molecule has 0 aliphatic carbocycles. The third-order valence-corrected chi connectivity index (χ3v) is 7.03. The van der Waals surface area contributed by atoms with Gasteiger partial charge in [0.1, 0.15) is 0 Å². The first-order chi connectivity index (χ1) is 12.4. The van der Waals surface area contributed by atoms with Gasteiger partial charge in [-0.2, -0.15) is 4.31 Å².